The number of nitrogens with one attached hydrogen (secondary N) is 1. The van der Waals surface area contributed by atoms with Gasteiger partial charge in [0, 0.05) is 12.1 Å². The van der Waals surface area contributed by atoms with Gasteiger partial charge >= 0.3 is 0 Å². The summed E-state index contributed by atoms with van der Waals surface area (Å²) in [4.78, 5) is 0.344. The molecule has 0 aliphatic rings. The zero-order valence-corrected chi connectivity index (χ0v) is 16.1. The van der Waals surface area contributed by atoms with Crippen LogP contribution in [0.1, 0.15) is 53.0 Å². The molecule has 0 spiro atoms. The van der Waals surface area contributed by atoms with Gasteiger partial charge in [0.05, 0.1) is 11.5 Å². The molecule has 0 radical (unpaired) electrons. The highest BCUT2D eigenvalue weighted by atomic mass is 32.2. The summed E-state index contributed by atoms with van der Waals surface area (Å²) < 4.78 is 33.6. The molecular formula is C18H31NO3S. The van der Waals surface area contributed by atoms with Gasteiger partial charge in [-0.25, -0.2) is 13.1 Å². The summed E-state index contributed by atoms with van der Waals surface area (Å²) in [5, 5.41) is 0. The number of ether oxygens (including phenoxy) is 1. The SMILES string of the molecule is Cc1ccccc1S(=O)(=O)NC(C)(C)CCCOCC(C)(C)C. The molecule has 1 aromatic carbocycles. The molecule has 0 bridgehead atoms. The number of hydrogen-bond acceptors (Lipinski definition) is 3. The second kappa shape index (κ2) is 7.77. The van der Waals surface area contributed by atoms with Crippen molar-refractivity contribution in [3.8, 4) is 0 Å². The summed E-state index contributed by atoms with van der Waals surface area (Å²) in [6, 6.07) is 7.03. The van der Waals surface area contributed by atoms with Crippen LogP contribution >= 0.6 is 0 Å². The molecule has 5 heteroatoms. The zero-order valence-electron chi connectivity index (χ0n) is 15.3. The Morgan fingerprint density at radius 3 is 2.26 bits per heavy atom. The van der Waals surface area contributed by atoms with Gasteiger partial charge in [-0.2, -0.15) is 0 Å². The van der Waals surface area contributed by atoms with Crippen molar-refractivity contribution in [1.82, 2.24) is 4.72 Å². The Morgan fingerprint density at radius 1 is 1.09 bits per heavy atom. The summed E-state index contributed by atoms with van der Waals surface area (Å²) >= 11 is 0. The minimum absolute atomic E-state index is 0.155. The summed E-state index contributed by atoms with van der Waals surface area (Å²) in [6.45, 7) is 13.4. The smallest absolute Gasteiger partial charge is 0.241 e. The van der Waals surface area contributed by atoms with Crippen LogP contribution in [0.2, 0.25) is 0 Å². The van der Waals surface area contributed by atoms with Gasteiger partial charge in [0.1, 0.15) is 0 Å². The van der Waals surface area contributed by atoms with E-state index in [4.69, 9.17) is 4.74 Å². The molecule has 0 aromatic heterocycles. The van der Waals surface area contributed by atoms with Crippen LogP contribution in [0.25, 0.3) is 0 Å². The first kappa shape index (κ1) is 20.1. The molecule has 1 aromatic rings. The summed E-state index contributed by atoms with van der Waals surface area (Å²) in [6.07, 6.45) is 1.54. The Bertz CT molecular complexity index is 601. The van der Waals surface area contributed by atoms with E-state index in [1.54, 1.807) is 12.1 Å². The highest BCUT2D eigenvalue weighted by Gasteiger charge is 2.26. The number of rotatable bonds is 8. The molecular weight excluding hydrogens is 310 g/mol. The molecule has 0 atom stereocenters. The minimum atomic E-state index is -3.51. The number of hydrogen-bond donors (Lipinski definition) is 1. The van der Waals surface area contributed by atoms with Crippen LogP contribution < -0.4 is 4.72 Å². The second-order valence-electron chi connectivity index (χ2n) is 7.97. The second-order valence-corrected chi connectivity index (χ2v) is 9.62. The molecule has 0 aliphatic carbocycles. The maximum absolute atomic E-state index is 12.5. The van der Waals surface area contributed by atoms with Gasteiger partial charge in [-0.1, -0.05) is 39.0 Å². The van der Waals surface area contributed by atoms with E-state index in [0.717, 1.165) is 18.4 Å². The Hall–Kier alpha value is -0.910. The van der Waals surface area contributed by atoms with Crippen molar-refractivity contribution in [3.05, 3.63) is 29.8 Å². The highest BCUT2D eigenvalue weighted by Crippen LogP contribution is 2.20. The average Bonchev–Trinajstić information content (AvgIpc) is 2.35. The fraction of sp³-hybridized carbons (Fsp3) is 0.667. The van der Waals surface area contributed by atoms with E-state index >= 15 is 0 Å². The molecule has 0 unspecified atom stereocenters. The van der Waals surface area contributed by atoms with Gasteiger partial charge in [0.15, 0.2) is 0 Å². The van der Waals surface area contributed by atoms with E-state index in [1.807, 2.05) is 32.9 Å². The first-order valence-corrected chi connectivity index (χ1v) is 9.59. The van der Waals surface area contributed by atoms with Crippen LogP contribution in [0.5, 0.6) is 0 Å². The molecule has 0 amide bonds. The summed E-state index contributed by atoms with van der Waals surface area (Å²) in [7, 11) is -3.51. The van der Waals surface area contributed by atoms with Crippen LogP contribution in [0.15, 0.2) is 29.2 Å². The molecule has 0 aliphatic heterocycles. The first-order chi connectivity index (χ1) is 10.4. The molecule has 0 saturated carbocycles. The molecule has 0 heterocycles. The Kier molecular flexibility index (Phi) is 6.81. The molecule has 1 rings (SSSR count). The lowest BCUT2D eigenvalue weighted by atomic mass is 9.98. The van der Waals surface area contributed by atoms with Gasteiger partial charge in [-0.05, 0) is 50.7 Å². The quantitative estimate of drug-likeness (QED) is 0.730. The third kappa shape index (κ3) is 7.46. The topological polar surface area (TPSA) is 55.4 Å². The third-order valence-corrected chi connectivity index (χ3v) is 5.28. The van der Waals surface area contributed by atoms with Gasteiger partial charge in [-0.15, -0.1) is 0 Å². The minimum Gasteiger partial charge on any atom is -0.381 e. The monoisotopic (exact) mass is 341 g/mol. The first-order valence-electron chi connectivity index (χ1n) is 8.10. The molecule has 23 heavy (non-hydrogen) atoms. The van der Waals surface area contributed by atoms with Crippen molar-refractivity contribution in [1.29, 1.82) is 0 Å². The lowest BCUT2D eigenvalue weighted by Gasteiger charge is -2.26. The van der Waals surface area contributed by atoms with Gasteiger partial charge in [0.25, 0.3) is 0 Å². The van der Waals surface area contributed by atoms with E-state index < -0.39 is 15.6 Å². The van der Waals surface area contributed by atoms with Crippen LogP contribution in [0.4, 0.5) is 0 Å². The molecule has 4 nitrogen and oxygen atoms in total. The lowest BCUT2D eigenvalue weighted by Crippen LogP contribution is -2.43. The van der Waals surface area contributed by atoms with Crippen molar-refractivity contribution in [2.24, 2.45) is 5.41 Å². The number of benzene rings is 1. The lowest BCUT2D eigenvalue weighted by molar-refractivity contribution is 0.0664. The van der Waals surface area contributed by atoms with E-state index in [1.165, 1.54) is 0 Å². The molecule has 132 valence electrons. The maximum Gasteiger partial charge on any atom is 0.241 e. The predicted molar refractivity (Wildman–Crippen MR) is 95.1 cm³/mol. The largest absolute Gasteiger partial charge is 0.381 e. The molecule has 0 saturated heterocycles. The average molecular weight is 342 g/mol. The van der Waals surface area contributed by atoms with E-state index in [9.17, 15) is 8.42 Å². The molecule has 0 fully saturated rings. The molecule has 1 N–H and O–H groups in total. The standard InChI is InChI=1S/C18H31NO3S/c1-15-10-7-8-11-16(15)23(20,21)19-18(5,6)12-9-13-22-14-17(2,3)4/h7-8,10-11,19H,9,12-14H2,1-6H3. The van der Waals surface area contributed by atoms with Crippen molar-refractivity contribution < 1.29 is 13.2 Å². The van der Waals surface area contributed by atoms with E-state index in [2.05, 4.69) is 25.5 Å². The van der Waals surface area contributed by atoms with Crippen molar-refractivity contribution >= 4 is 10.0 Å². The van der Waals surface area contributed by atoms with Gasteiger partial charge < -0.3 is 4.74 Å². The number of aryl methyl sites for hydroxylation is 1. The maximum atomic E-state index is 12.5. The fourth-order valence-electron chi connectivity index (χ4n) is 2.32. The van der Waals surface area contributed by atoms with Crippen molar-refractivity contribution in [2.75, 3.05) is 13.2 Å². The van der Waals surface area contributed by atoms with Crippen LogP contribution in [-0.2, 0) is 14.8 Å². The predicted octanol–water partition coefficient (Wildman–Crippen LogP) is 3.89. The van der Waals surface area contributed by atoms with Crippen molar-refractivity contribution in [2.45, 2.75) is 64.8 Å². The normalized spacial score (nSPS) is 13.3. The van der Waals surface area contributed by atoms with E-state index in [-0.39, 0.29) is 5.41 Å². The van der Waals surface area contributed by atoms with Gasteiger partial charge in [-0.3, -0.25) is 0 Å². The van der Waals surface area contributed by atoms with E-state index in [0.29, 0.717) is 18.1 Å². The van der Waals surface area contributed by atoms with Crippen LogP contribution in [0.3, 0.4) is 0 Å². The van der Waals surface area contributed by atoms with Crippen LogP contribution in [0, 0.1) is 12.3 Å². The summed E-state index contributed by atoms with van der Waals surface area (Å²) in [5.74, 6) is 0. The number of sulfonamides is 1. The Morgan fingerprint density at radius 2 is 1.70 bits per heavy atom. The third-order valence-electron chi connectivity index (χ3n) is 3.42. The highest BCUT2D eigenvalue weighted by molar-refractivity contribution is 7.89. The fourth-order valence-corrected chi connectivity index (χ4v) is 4.01. The Labute approximate surface area is 141 Å². The van der Waals surface area contributed by atoms with Gasteiger partial charge in [0.2, 0.25) is 10.0 Å². The zero-order chi connectivity index (χ0) is 17.7. The Balaban J connectivity index is 2.56. The summed E-state index contributed by atoms with van der Waals surface area (Å²) in [5.41, 5.74) is 0.401. The van der Waals surface area contributed by atoms with Crippen molar-refractivity contribution in [3.63, 3.8) is 0 Å². The van der Waals surface area contributed by atoms with Crippen LogP contribution in [-0.4, -0.2) is 27.2 Å².